The van der Waals surface area contributed by atoms with Gasteiger partial charge in [0.05, 0.1) is 27.0 Å². The lowest BCUT2D eigenvalue weighted by atomic mass is 10.0. The lowest BCUT2D eigenvalue weighted by Gasteiger charge is -2.35. The van der Waals surface area contributed by atoms with Crippen molar-refractivity contribution in [2.75, 3.05) is 31.1 Å². The van der Waals surface area contributed by atoms with E-state index >= 15 is 0 Å². The van der Waals surface area contributed by atoms with E-state index in [1.54, 1.807) is 4.90 Å². The highest BCUT2D eigenvalue weighted by Crippen LogP contribution is 2.29. The fourth-order valence-corrected chi connectivity index (χ4v) is 3.74. The van der Waals surface area contributed by atoms with Gasteiger partial charge < -0.3 is 9.80 Å². The Bertz CT molecular complexity index is 1200. The molecule has 3 aromatic rings. The van der Waals surface area contributed by atoms with Crippen molar-refractivity contribution >= 4 is 34.0 Å². The first-order valence-corrected chi connectivity index (χ1v) is 9.68. The van der Waals surface area contributed by atoms with Crippen LogP contribution in [0.25, 0.3) is 10.9 Å². The zero-order valence-electron chi connectivity index (χ0n) is 16.7. The number of para-hydroxylation sites is 1. The molecule has 1 aliphatic rings. The van der Waals surface area contributed by atoms with E-state index in [0.717, 1.165) is 28.9 Å². The van der Waals surface area contributed by atoms with Crippen molar-refractivity contribution in [3.05, 3.63) is 79.9 Å². The fourth-order valence-electron chi connectivity index (χ4n) is 3.74. The monoisotopic (exact) mass is 421 g/mol. The summed E-state index contributed by atoms with van der Waals surface area (Å²) >= 11 is 0. The second kappa shape index (κ2) is 7.98. The number of hydrogen-bond donors (Lipinski definition) is 0. The molecule has 31 heavy (non-hydrogen) atoms. The largest absolute Gasteiger partial charge is 0.353 e. The normalized spacial score (nSPS) is 14.0. The van der Waals surface area contributed by atoms with Crippen LogP contribution < -0.4 is 4.90 Å². The van der Waals surface area contributed by atoms with Crippen molar-refractivity contribution in [1.29, 1.82) is 0 Å². The van der Waals surface area contributed by atoms with Crippen molar-refractivity contribution in [2.24, 2.45) is 0 Å². The van der Waals surface area contributed by atoms with E-state index in [4.69, 9.17) is 0 Å². The molecule has 0 spiro atoms. The maximum atomic E-state index is 13.0. The van der Waals surface area contributed by atoms with E-state index in [2.05, 4.69) is 9.88 Å². The second-order valence-corrected chi connectivity index (χ2v) is 7.29. The van der Waals surface area contributed by atoms with Crippen molar-refractivity contribution in [3.63, 3.8) is 0 Å². The molecule has 0 bridgehead atoms. The maximum absolute atomic E-state index is 13.0. The number of carbonyl (C=O) groups is 1. The summed E-state index contributed by atoms with van der Waals surface area (Å²) in [4.78, 5) is 42.4. The summed E-state index contributed by atoms with van der Waals surface area (Å²) in [5, 5.41) is 23.5. The number of nitrogens with zero attached hydrogens (tertiary/aromatic N) is 5. The number of aromatic nitrogens is 1. The van der Waals surface area contributed by atoms with E-state index in [-0.39, 0.29) is 11.1 Å². The molecule has 10 nitrogen and oxygen atoms in total. The van der Waals surface area contributed by atoms with Crippen LogP contribution in [0.2, 0.25) is 0 Å². The van der Waals surface area contributed by atoms with Gasteiger partial charge in [-0.2, -0.15) is 0 Å². The molecule has 1 saturated heterocycles. The van der Waals surface area contributed by atoms with Crippen LogP contribution in [-0.4, -0.2) is 51.8 Å². The van der Waals surface area contributed by atoms with Gasteiger partial charge in [-0.1, -0.05) is 18.2 Å². The number of hydrogen-bond acceptors (Lipinski definition) is 7. The van der Waals surface area contributed by atoms with Gasteiger partial charge in [-0.25, -0.2) is 4.98 Å². The summed E-state index contributed by atoms with van der Waals surface area (Å²) in [5.74, 6) is 0.364. The maximum Gasteiger partial charge on any atom is 0.279 e. The zero-order valence-corrected chi connectivity index (χ0v) is 16.7. The molecule has 2 heterocycles. The number of fused-ring (bicyclic) bond motifs is 1. The first kappa shape index (κ1) is 20.2. The van der Waals surface area contributed by atoms with Crippen LogP contribution in [0.3, 0.4) is 0 Å². The Morgan fingerprint density at radius 1 is 0.968 bits per heavy atom. The average molecular weight is 421 g/mol. The second-order valence-electron chi connectivity index (χ2n) is 7.29. The van der Waals surface area contributed by atoms with Gasteiger partial charge in [-0.05, 0) is 25.1 Å². The Morgan fingerprint density at radius 2 is 1.68 bits per heavy atom. The quantitative estimate of drug-likeness (QED) is 0.468. The molecule has 0 unspecified atom stereocenters. The molecule has 0 saturated carbocycles. The van der Waals surface area contributed by atoms with E-state index in [9.17, 15) is 25.0 Å². The lowest BCUT2D eigenvalue weighted by molar-refractivity contribution is -0.394. The minimum absolute atomic E-state index is 0.0156. The highest BCUT2D eigenvalue weighted by atomic mass is 16.6. The molecule has 158 valence electrons. The first-order chi connectivity index (χ1) is 14.8. The first-order valence-electron chi connectivity index (χ1n) is 9.68. The zero-order chi connectivity index (χ0) is 22.1. The van der Waals surface area contributed by atoms with Crippen molar-refractivity contribution in [3.8, 4) is 0 Å². The predicted molar refractivity (Wildman–Crippen MR) is 114 cm³/mol. The lowest BCUT2D eigenvalue weighted by Crippen LogP contribution is -2.49. The molecular formula is C21H19N5O5. The molecule has 1 aromatic heterocycles. The Labute approximate surface area is 177 Å². The molecular weight excluding hydrogens is 402 g/mol. The smallest absolute Gasteiger partial charge is 0.279 e. The molecule has 1 amide bonds. The van der Waals surface area contributed by atoms with Crippen LogP contribution in [0.1, 0.15) is 15.9 Å². The van der Waals surface area contributed by atoms with Crippen LogP contribution in [0.5, 0.6) is 0 Å². The Hall–Kier alpha value is -4.08. The number of nitro benzene ring substituents is 2. The number of rotatable bonds is 4. The molecule has 1 fully saturated rings. The topological polar surface area (TPSA) is 123 Å². The molecule has 0 radical (unpaired) electrons. The summed E-state index contributed by atoms with van der Waals surface area (Å²) in [6, 6.07) is 13.7. The third-order valence-electron chi connectivity index (χ3n) is 5.48. The highest BCUT2D eigenvalue weighted by molar-refractivity contribution is 5.97. The number of anilines is 1. The summed E-state index contributed by atoms with van der Waals surface area (Å²) in [6.07, 6.45) is 0. The molecule has 0 N–H and O–H groups in total. The van der Waals surface area contributed by atoms with Gasteiger partial charge in [0.2, 0.25) is 0 Å². The molecule has 4 rings (SSSR count). The summed E-state index contributed by atoms with van der Waals surface area (Å²) in [5.41, 5.74) is 0.0895. The van der Waals surface area contributed by atoms with Crippen LogP contribution in [0.15, 0.2) is 48.5 Å². The van der Waals surface area contributed by atoms with Crippen LogP contribution in [0, 0.1) is 27.2 Å². The van der Waals surface area contributed by atoms with Gasteiger partial charge >= 0.3 is 0 Å². The number of benzene rings is 2. The van der Waals surface area contributed by atoms with Gasteiger partial charge in [0, 0.05) is 43.2 Å². The van der Waals surface area contributed by atoms with E-state index < -0.39 is 27.1 Å². The van der Waals surface area contributed by atoms with E-state index in [1.807, 2.05) is 36.4 Å². The fraction of sp³-hybridized carbons (Fsp3) is 0.238. The van der Waals surface area contributed by atoms with Gasteiger partial charge in [-0.15, -0.1) is 0 Å². The van der Waals surface area contributed by atoms with E-state index in [1.165, 1.54) is 6.92 Å². The number of carbonyl (C=O) groups excluding carboxylic acids is 1. The van der Waals surface area contributed by atoms with E-state index in [0.29, 0.717) is 26.2 Å². The van der Waals surface area contributed by atoms with Crippen molar-refractivity contribution in [2.45, 2.75) is 6.92 Å². The number of piperazine rings is 1. The average Bonchev–Trinajstić information content (AvgIpc) is 2.78. The van der Waals surface area contributed by atoms with Gasteiger partial charge in [0.25, 0.3) is 17.3 Å². The summed E-state index contributed by atoms with van der Waals surface area (Å²) in [6.45, 7) is 3.26. The third kappa shape index (κ3) is 3.87. The van der Waals surface area contributed by atoms with Gasteiger partial charge in [0.1, 0.15) is 5.82 Å². The molecule has 2 aromatic carbocycles. The van der Waals surface area contributed by atoms with Gasteiger partial charge in [0.15, 0.2) is 0 Å². The Kier molecular flexibility index (Phi) is 5.20. The molecule has 10 heteroatoms. The van der Waals surface area contributed by atoms with Crippen LogP contribution in [0.4, 0.5) is 17.2 Å². The van der Waals surface area contributed by atoms with Crippen molar-refractivity contribution in [1.82, 2.24) is 9.88 Å². The number of nitro groups is 2. The summed E-state index contributed by atoms with van der Waals surface area (Å²) < 4.78 is 0. The number of pyridine rings is 1. The summed E-state index contributed by atoms with van der Waals surface area (Å²) in [7, 11) is 0. The van der Waals surface area contributed by atoms with Crippen LogP contribution >= 0.6 is 0 Å². The molecule has 0 aliphatic carbocycles. The number of non-ortho nitro benzene ring substituents is 1. The molecule has 0 atom stereocenters. The van der Waals surface area contributed by atoms with Gasteiger partial charge in [-0.3, -0.25) is 25.0 Å². The van der Waals surface area contributed by atoms with Crippen LogP contribution in [-0.2, 0) is 0 Å². The minimum Gasteiger partial charge on any atom is -0.353 e. The predicted octanol–water partition coefficient (Wildman–Crippen LogP) is 3.32. The Morgan fingerprint density at radius 3 is 2.35 bits per heavy atom. The van der Waals surface area contributed by atoms with Crippen molar-refractivity contribution < 1.29 is 14.6 Å². The minimum atomic E-state index is -0.730. The number of amides is 1. The standard InChI is InChI=1S/C21H19N5O5/c1-14-17(12-16(25(28)29)13-19(14)26(30)31)21(27)24-10-8-23(9-11-24)20-7-6-15-4-2-3-5-18(15)22-20/h2-7,12-13H,8-11H2,1H3. The third-order valence-corrected chi connectivity index (χ3v) is 5.48. The SMILES string of the molecule is Cc1c(C(=O)N2CCN(c3ccc4ccccc4n3)CC2)cc([N+](=O)[O-])cc1[N+](=O)[O-]. The Balaban J connectivity index is 1.54. The molecule has 1 aliphatic heterocycles. The highest BCUT2D eigenvalue weighted by Gasteiger charge is 2.29.